The van der Waals surface area contributed by atoms with Crippen LogP contribution >= 0.6 is 27.7 Å². The van der Waals surface area contributed by atoms with Gasteiger partial charge in [0, 0.05) is 27.3 Å². The second-order valence-corrected chi connectivity index (χ2v) is 6.41. The molecule has 2 aromatic rings. The zero-order chi connectivity index (χ0) is 13.8. The number of hydrogen-bond donors (Lipinski definition) is 1. The summed E-state index contributed by atoms with van der Waals surface area (Å²) in [5.41, 5.74) is 8.03. The first kappa shape index (κ1) is 14.5. The Morgan fingerprint density at radius 2 is 2.16 bits per heavy atom. The topological polar surface area (TPSA) is 51.8 Å². The number of rotatable bonds is 4. The highest BCUT2D eigenvalue weighted by molar-refractivity contribution is 9.10. The molecule has 0 fully saturated rings. The highest BCUT2D eigenvalue weighted by atomic mass is 79.9. The lowest BCUT2D eigenvalue weighted by atomic mass is 10.1. The predicted molar refractivity (Wildman–Crippen MR) is 82.4 cm³/mol. The first-order chi connectivity index (χ1) is 9.04. The van der Waals surface area contributed by atoms with Gasteiger partial charge in [-0.15, -0.1) is 0 Å². The molecule has 0 saturated heterocycles. The molecule has 2 rings (SSSR count). The summed E-state index contributed by atoms with van der Waals surface area (Å²) >= 11 is 5.15. The van der Waals surface area contributed by atoms with Gasteiger partial charge in [-0.3, -0.25) is 0 Å². The number of aromatic nitrogens is 2. The van der Waals surface area contributed by atoms with Crippen molar-refractivity contribution in [3.8, 4) is 0 Å². The van der Waals surface area contributed by atoms with E-state index in [9.17, 15) is 0 Å². The molecule has 19 heavy (non-hydrogen) atoms. The summed E-state index contributed by atoms with van der Waals surface area (Å²) in [5.74, 6) is 0. The molecular weight excluding hydrogens is 322 g/mol. The van der Waals surface area contributed by atoms with Gasteiger partial charge in [-0.25, -0.2) is 9.97 Å². The van der Waals surface area contributed by atoms with Crippen LogP contribution in [0.15, 0.2) is 45.0 Å². The maximum atomic E-state index is 5.83. The summed E-state index contributed by atoms with van der Waals surface area (Å²) in [4.78, 5) is 9.75. The van der Waals surface area contributed by atoms with Crippen molar-refractivity contribution in [2.75, 3.05) is 0 Å². The van der Waals surface area contributed by atoms with E-state index >= 15 is 0 Å². The van der Waals surface area contributed by atoms with Crippen LogP contribution in [0.4, 0.5) is 0 Å². The minimum atomic E-state index is 0.162. The molecule has 0 radical (unpaired) electrons. The Morgan fingerprint density at radius 3 is 2.79 bits per heavy atom. The van der Waals surface area contributed by atoms with Crippen LogP contribution in [0.3, 0.4) is 0 Å². The molecular formula is C14H16BrN3S. The quantitative estimate of drug-likeness (QED) is 0.866. The highest BCUT2D eigenvalue weighted by Gasteiger charge is 2.06. The molecule has 100 valence electrons. The minimum absolute atomic E-state index is 0.162. The lowest BCUT2D eigenvalue weighted by molar-refractivity contribution is 0.735. The third kappa shape index (κ3) is 4.30. The first-order valence-electron chi connectivity index (χ1n) is 6.06. The summed E-state index contributed by atoms with van der Waals surface area (Å²) in [5, 5.41) is 0.770. The van der Waals surface area contributed by atoms with Gasteiger partial charge in [0.25, 0.3) is 0 Å². The third-order valence-corrected chi connectivity index (χ3v) is 4.16. The van der Waals surface area contributed by atoms with Gasteiger partial charge in [0.05, 0.1) is 0 Å². The van der Waals surface area contributed by atoms with Crippen LogP contribution in [0.1, 0.15) is 18.2 Å². The Bertz CT molecular complexity index is 572. The van der Waals surface area contributed by atoms with Gasteiger partial charge in [0.15, 0.2) is 5.16 Å². The van der Waals surface area contributed by atoms with Gasteiger partial charge in [-0.05, 0) is 55.8 Å². The monoisotopic (exact) mass is 337 g/mol. The number of benzene rings is 1. The first-order valence-corrected chi connectivity index (χ1v) is 7.67. The Labute approximate surface area is 126 Å². The van der Waals surface area contributed by atoms with Crippen LogP contribution in [-0.2, 0) is 6.42 Å². The van der Waals surface area contributed by atoms with Crippen molar-refractivity contribution in [1.82, 2.24) is 9.97 Å². The van der Waals surface area contributed by atoms with Crippen molar-refractivity contribution in [3.05, 3.63) is 46.2 Å². The molecule has 1 atom stereocenters. The van der Waals surface area contributed by atoms with E-state index in [-0.39, 0.29) is 6.04 Å². The Hall–Kier alpha value is -0.910. The molecule has 0 aliphatic carbocycles. The summed E-state index contributed by atoms with van der Waals surface area (Å²) in [6.07, 6.45) is 2.65. The summed E-state index contributed by atoms with van der Waals surface area (Å²) in [6, 6.07) is 8.33. The maximum Gasteiger partial charge on any atom is 0.192 e. The second-order valence-electron chi connectivity index (χ2n) is 4.52. The van der Waals surface area contributed by atoms with Crippen molar-refractivity contribution in [3.63, 3.8) is 0 Å². The van der Waals surface area contributed by atoms with E-state index in [1.807, 2.05) is 19.9 Å². The van der Waals surface area contributed by atoms with Crippen molar-refractivity contribution in [1.29, 1.82) is 0 Å². The summed E-state index contributed by atoms with van der Waals surface area (Å²) in [7, 11) is 0. The van der Waals surface area contributed by atoms with Gasteiger partial charge >= 0.3 is 0 Å². The van der Waals surface area contributed by atoms with Crippen molar-refractivity contribution in [2.24, 2.45) is 5.73 Å². The maximum absolute atomic E-state index is 5.83. The smallest absolute Gasteiger partial charge is 0.192 e. The van der Waals surface area contributed by atoms with Gasteiger partial charge in [-0.2, -0.15) is 0 Å². The van der Waals surface area contributed by atoms with E-state index in [0.29, 0.717) is 0 Å². The molecule has 0 aliphatic rings. The lowest BCUT2D eigenvalue weighted by Crippen LogP contribution is -2.17. The molecule has 3 nitrogen and oxygen atoms in total. The molecule has 0 saturated carbocycles. The Morgan fingerprint density at radius 1 is 1.37 bits per heavy atom. The average molecular weight is 338 g/mol. The van der Waals surface area contributed by atoms with E-state index in [2.05, 4.69) is 44.1 Å². The third-order valence-electron chi connectivity index (χ3n) is 2.55. The fraction of sp³-hybridized carbons (Fsp3) is 0.286. The van der Waals surface area contributed by atoms with Gasteiger partial charge < -0.3 is 5.73 Å². The number of nitrogens with two attached hydrogens (primary N) is 1. The van der Waals surface area contributed by atoms with Crippen LogP contribution in [0.5, 0.6) is 0 Å². The van der Waals surface area contributed by atoms with Gasteiger partial charge in [0.1, 0.15) is 0 Å². The zero-order valence-electron chi connectivity index (χ0n) is 10.9. The van der Waals surface area contributed by atoms with Crippen molar-refractivity contribution >= 4 is 27.7 Å². The lowest BCUT2D eigenvalue weighted by Gasteiger charge is -2.09. The molecule has 1 aromatic heterocycles. The second kappa shape index (κ2) is 6.50. The number of hydrogen-bond acceptors (Lipinski definition) is 4. The Balaban J connectivity index is 2.16. The van der Waals surface area contributed by atoms with Gasteiger partial charge in [0.2, 0.25) is 0 Å². The predicted octanol–water partition coefficient (Wildman–Crippen LogP) is 3.59. The fourth-order valence-electron chi connectivity index (χ4n) is 1.68. The van der Waals surface area contributed by atoms with Crippen LogP contribution in [0.25, 0.3) is 0 Å². The minimum Gasteiger partial charge on any atom is -0.328 e. The molecule has 0 spiro atoms. The molecule has 2 N–H and O–H groups in total. The summed E-state index contributed by atoms with van der Waals surface area (Å²) < 4.78 is 1.09. The van der Waals surface area contributed by atoms with Crippen molar-refractivity contribution in [2.45, 2.75) is 36.4 Å². The molecule has 1 heterocycles. The molecule has 0 amide bonds. The summed E-state index contributed by atoms with van der Waals surface area (Å²) in [6.45, 7) is 3.98. The number of aryl methyl sites for hydroxylation is 1. The molecule has 0 bridgehead atoms. The normalized spacial score (nSPS) is 12.4. The van der Waals surface area contributed by atoms with Crippen LogP contribution in [0.2, 0.25) is 0 Å². The van der Waals surface area contributed by atoms with Gasteiger partial charge in [-0.1, -0.05) is 22.0 Å². The number of halogens is 1. The zero-order valence-corrected chi connectivity index (χ0v) is 13.3. The van der Waals surface area contributed by atoms with Crippen molar-refractivity contribution < 1.29 is 0 Å². The average Bonchev–Trinajstić information content (AvgIpc) is 2.32. The van der Waals surface area contributed by atoms with E-state index < -0.39 is 0 Å². The van der Waals surface area contributed by atoms with E-state index in [1.165, 1.54) is 5.56 Å². The molecule has 0 aliphatic heterocycles. The molecule has 1 aromatic carbocycles. The van der Waals surface area contributed by atoms with Crippen LogP contribution in [0, 0.1) is 6.92 Å². The van der Waals surface area contributed by atoms with Crippen LogP contribution < -0.4 is 5.73 Å². The van der Waals surface area contributed by atoms with E-state index in [1.54, 1.807) is 18.0 Å². The highest BCUT2D eigenvalue weighted by Crippen LogP contribution is 2.29. The number of nitrogens with zero attached hydrogens (tertiary/aromatic N) is 2. The van der Waals surface area contributed by atoms with Crippen LogP contribution in [-0.4, -0.2) is 16.0 Å². The Kier molecular flexibility index (Phi) is 4.96. The fourth-order valence-corrected chi connectivity index (χ4v) is 3.20. The molecule has 1 unspecified atom stereocenters. The standard InChI is InChI=1S/C14H16BrN3S/c1-9(16)7-11-3-4-12(8-13(11)15)19-14-17-6-5-10(2)18-14/h3-6,8-9H,7,16H2,1-2H3. The van der Waals surface area contributed by atoms with E-state index in [0.717, 1.165) is 26.6 Å². The SMILES string of the molecule is Cc1ccnc(Sc2ccc(CC(C)N)c(Br)c2)n1. The van der Waals surface area contributed by atoms with E-state index in [4.69, 9.17) is 5.73 Å². The largest absolute Gasteiger partial charge is 0.328 e. The molecule has 5 heteroatoms.